The van der Waals surface area contributed by atoms with E-state index in [4.69, 9.17) is 10.5 Å². The Balaban J connectivity index is 0.00000225. The first-order valence-corrected chi connectivity index (χ1v) is 4.81. The average Bonchev–Trinajstić information content (AvgIpc) is 2.17. The van der Waals surface area contributed by atoms with Crippen LogP contribution in [0.3, 0.4) is 0 Å². The van der Waals surface area contributed by atoms with E-state index in [1.54, 1.807) is 25.3 Å². The highest BCUT2D eigenvalue weighted by molar-refractivity contribution is 5.85. The maximum atomic E-state index is 9.65. The van der Waals surface area contributed by atoms with Crippen molar-refractivity contribution in [2.45, 2.75) is 19.4 Å². The molecular formula is C12H18ClNO2. The lowest BCUT2D eigenvalue weighted by atomic mass is 10.00. The molecule has 0 amide bonds. The molecule has 0 aromatic heterocycles. The third-order valence-corrected chi connectivity index (χ3v) is 2.20. The van der Waals surface area contributed by atoms with E-state index < -0.39 is 0 Å². The molecule has 1 rings (SSSR count). The molecule has 0 fully saturated rings. The lowest BCUT2D eigenvalue weighted by Gasteiger charge is -2.14. The highest BCUT2D eigenvalue weighted by Crippen LogP contribution is 2.29. The van der Waals surface area contributed by atoms with Crippen LogP contribution in [0.25, 0.3) is 0 Å². The Labute approximate surface area is 102 Å². The Bertz CT molecular complexity index is 366. The van der Waals surface area contributed by atoms with Crippen molar-refractivity contribution in [3.05, 3.63) is 35.9 Å². The summed E-state index contributed by atoms with van der Waals surface area (Å²) in [6, 6.07) is 4.81. The number of rotatable bonds is 4. The lowest BCUT2D eigenvalue weighted by molar-refractivity contribution is 0.409. The van der Waals surface area contributed by atoms with Gasteiger partial charge >= 0.3 is 0 Å². The van der Waals surface area contributed by atoms with Crippen LogP contribution >= 0.6 is 12.4 Å². The number of methoxy groups -OCH3 is 1. The fraction of sp³-hybridized carbons (Fsp3) is 0.333. The maximum absolute atomic E-state index is 9.65. The molecule has 1 aromatic carbocycles. The van der Waals surface area contributed by atoms with Crippen LogP contribution in [0.2, 0.25) is 0 Å². The third-order valence-electron chi connectivity index (χ3n) is 2.20. The highest BCUT2D eigenvalue weighted by atomic mass is 35.5. The molecule has 1 atom stereocenters. The van der Waals surface area contributed by atoms with Crippen molar-refractivity contribution in [3.8, 4) is 11.5 Å². The number of phenolic OH excluding ortho intramolecular Hbond substituents is 1. The summed E-state index contributed by atoms with van der Waals surface area (Å²) in [5.74, 6) is 0.893. The number of hydrogen-bond donors (Lipinski definition) is 2. The smallest absolute Gasteiger partial charge is 0.120 e. The van der Waals surface area contributed by atoms with E-state index in [0.29, 0.717) is 17.7 Å². The van der Waals surface area contributed by atoms with Gasteiger partial charge in [-0.25, -0.2) is 0 Å². The summed E-state index contributed by atoms with van der Waals surface area (Å²) >= 11 is 0. The standard InChI is InChI=1S/C12H17NO2.ClH/c1-8(2)6-11(13)10-7-9(15-3)4-5-12(10)14;/h4-5,7,11,14H,1,6,13H2,2-3H3;1H/t11-;/m1./s1. The number of aromatic hydroxyl groups is 1. The lowest BCUT2D eigenvalue weighted by Crippen LogP contribution is -2.10. The molecule has 1 aromatic rings. The van der Waals surface area contributed by atoms with Crippen LogP contribution in [-0.4, -0.2) is 12.2 Å². The molecule has 0 heterocycles. The molecular weight excluding hydrogens is 226 g/mol. The van der Waals surface area contributed by atoms with E-state index in [1.807, 2.05) is 6.92 Å². The van der Waals surface area contributed by atoms with Crippen LogP contribution < -0.4 is 10.5 Å². The second-order valence-corrected chi connectivity index (χ2v) is 3.69. The summed E-state index contributed by atoms with van der Waals surface area (Å²) < 4.78 is 5.08. The molecule has 16 heavy (non-hydrogen) atoms. The molecule has 0 aliphatic rings. The highest BCUT2D eigenvalue weighted by Gasteiger charge is 2.11. The third kappa shape index (κ3) is 3.76. The predicted molar refractivity (Wildman–Crippen MR) is 68.3 cm³/mol. The van der Waals surface area contributed by atoms with Gasteiger partial charge in [0.05, 0.1) is 7.11 Å². The first-order chi connectivity index (χ1) is 7.04. The fourth-order valence-electron chi connectivity index (χ4n) is 1.44. The Kier molecular flexibility index (Phi) is 5.93. The normalized spacial score (nSPS) is 11.4. The number of ether oxygens (including phenoxy) is 1. The van der Waals surface area contributed by atoms with Crippen molar-refractivity contribution in [1.29, 1.82) is 0 Å². The molecule has 90 valence electrons. The van der Waals surface area contributed by atoms with Gasteiger partial charge in [-0.1, -0.05) is 5.57 Å². The average molecular weight is 244 g/mol. The summed E-state index contributed by atoms with van der Waals surface area (Å²) in [6.07, 6.45) is 0.653. The molecule has 3 nitrogen and oxygen atoms in total. The van der Waals surface area contributed by atoms with E-state index in [-0.39, 0.29) is 24.2 Å². The van der Waals surface area contributed by atoms with Gasteiger partial charge in [0.25, 0.3) is 0 Å². The summed E-state index contributed by atoms with van der Waals surface area (Å²) in [7, 11) is 1.58. The second-order valence-electron chi connectivity index (χ2n) is 3.69. The summed E-state index contributed by atoms with van der Waals surface area (Å²) in [5, 5.41) is 9.65. The topological polar surface area (TPSA) is 55.5 Å². The fourth-order valence-corrected chi connectivity index (χ4v) is 1.44. The van der Waals surface area contributed by atoms with E-state index in [9.17, 15) is 5.11 Å². The van der Waals surface area contributed by atoms with Gasteiger partial charge < -0.3 is 15.6 Å². The molecule has 4 heteroatoms. The number of nitrogens with two attached hydrogens (primary N) is 1. The summed E-state index contributed by atoms with van der Waals surface area (Å²) in [4.78, 5) is 0. The van der Waals surface area contributed by atoms with Crippen molar-refractivity contribution >= 4 is 12.4 Å². The van der Waals surface area contributed by atoms with Crippen LogP contribution in [0.15, 0.2) is 30.4 Å². The first kappa shape index (κ1) is 14.8. The zero-order valence-electron chi connectivity index (χ0n) is 9.56. The predicted octanol–water partition coefficient (Wildman–Crippen LogP) is 2.79. The van der Waals surface area contributed by atoms with Gasteiger partial charge in [0.2, 0.25) is 0 Å². The summed E-state index contributed by atoms with van der Waals surface area (Å²) in [5.41, 5.74) is 7.63. The van der Waals surface area contributed by atoms with Gasteiger partial charge in [-0.15, -0.1) is 19.0 Å². The quantitative estimate of drug-likeness (QED) is 0.800. The van der Waals surface area contributed by atoms with Crippen molar-refractivity contribution in [1.82, 2.24) is 0 Å². The van der Waals surface area contributed by atoms with Crippen molar-refractivity contribution < 1.29 is 9.84 Å². The summed E-state index contributed by atoms with van der Waals surface area (Å²) in [6.45, 7) is 5.71. The van der Waals surface area contributed by atoms with Crippen molar-refractivity contribution in [3.63, 3.8) is 0 Å². The van der Waals surface area contributed by atoms with Gasteiger partial charge in [-0.2, -0.15) is 0 Å². The van der Waals surface area contributed by atoms with E-state index in [0.717, 1.165) is 5.57 Å². The minimum atomic E-state index is -0.238. The number of halogens is 1. The molecule has 0 spiro atoms. The van der Waals surface area contributed by atoms with Crippen LogP contribution in [0.5, 0.6) is 11.5 Å². The molecule has 0 aliphatic carbocycles. The van der Waals surface area contributed by atoms with E-state index in [2.05, 4.69) is 6.58 Å². The minimum absolute atomic E-state index is 0. The molecule has 0 radical (unpaired) electrons. The molecule has 0 unspecified atom stereocenters. The Morgan fingerprint density at radius 2 is 2.19 bits per heavy atom. The first-order valence-electron chi connectivity index (χ1n) is 4.81. The molecule has 0 aliphatic heterocycles. The van der Waals surface area contributed by atoms with Gasteiger partial charge in [0.15, 0.2) is 0 Å². The molecule has 0 saturated heterocycles. The zero-order valence-corrected chi connectivity index (χ0v) is 10.4. The molecule has 3 N–H and O–H groups in total. The van der Waals surface area contributed by atoms with Gasteiger partial charge in [0.1, 0.15) is 11.5 Å². The zero-order chi connectivity index (χ0) is 11.4. The van der Waals surface area contributed by atoms with Gasteiger partial charge in [-0.05, 0) is 31.5 Å². The Morgan fingerprint density at radius 3 is 2.69 bits per heavy atom. The van der Waals surface area contributed by atoms with E-state index >= 15 is 0 Å². The van der Waals surface area contributed by atoms with Crippen LogP contribution in [-0.2, 0) is 0 Å². The van der Waals surface area contributed by atoms with Crippen molar-refractivity contribution in [2.24, 2.45) is 5.73 Å². The number of benzene rings is 1. The maximum Gasteiger partial charge on any atom is 0.120 e. The van der Waals surface area contributed by atoms with E-state index in [1.165, 1.54) is 0 Å². The second kappa shape index (κ2) is 6.40. The number of hydrogen-bond acceptors (Lipinski definition) is 3. The largest absolute Gasteiger partial charge is 0.508 e. The SMILES string of the molecule is C=C(C)C[C@@H](N)c1cc(OC)ccc1O.Cl. The Morgan fingerprint density at radius 1 is 1.56 bits per heavy atom. The van der Waals surface area contributed by atoms with Gasteiger partial charge in [0, 0.05) is 11.6 Å². The van der Waals surface area contributed by atoms with Crippen LogP contribution in [0, 0.1) is 0 Å². The van der Waals surface area contributed by atoms with Crippen LogP contribution in [0.4, 0.5) is 0 Å². The van der Waals surface area contributed by atoms with Crippen molar-refractivity contribution in [2.75, 3.05) is 7.11 Å². The Hall–Kier alpha value is -1.19. The van der Waals surface area contributed by atoms with Crippen LogP contribution in [0.1, 0.15) is 24.9 Å². The monoisotopic (exact) mass is 243 g/mol. The molecule has 0 bridgehead atoms. The van der Waals surface area contributed by atoms with Gasteiger partial charge in [-0.3, -0.25) is 0 Å². The number of phenols is 1. The molecule has 0 saturated carbocycles. The minimum Gasteiger partial charge on any atom is -0.508 e.